The molecule has 2 amide bonds. The first-order valence-electron chi connectivity index (χ1n) is 25.9. The van der Waals surface area contributed by atoms with E-state index < -0.39 is 61.6 Å². The second kappa shape index (κ2) is 27.2. The number of hydrogen-bond acceptors (Lipinski definition) is 14. The normalized spacial score (nSPS) is 17.3. The monoisotopic (exact) mass is 1090 g/mol. The highest BCUT2D eigenvalue weighted by Gasteiger charge is 2.54. The number of benzene rings is 5. The van der Waals surface area contributed by atoms with Crippen LogP contribution in [0.5, 0.6) is 17.2 Å². The Hall–Kier alpha value is -6.73. The molecule has 1 fully saturated rings. The van der Waals surface area contributed by atoms with Crippen molar-refractivity contribution in [3.05, 3.63) is 184 Å². The van der Waals surface area contributed by atoms with Crippen LogP contribution in [0.2, 0.25) is 0 Å². The predicted octanol–water partition coefficient (Wildman–Crippen LogP) is 9.64. The summed E-state index contributed by atoms with van der Waals surface area (Å²) < 4.78 is 75.8. The van der Waals surface area contributed by atoms with E-state index in [1.54, 1.807) is 85.5 Å². The van der Waals surface area contributed by atoms with Gasteiger partial charge in [-0.25, -0.2) is 14.0 Å². The molecular weight excluding hydrogens is 1020 g/mol. The van der Waals surface area contributed by atoms with Gasteiger partial charge in [0.1, 0.15) is 47.0 Å². The fraction of sp³-hybridized carbons (Fsp3) is 0.390. The maximum Gasteiger partial charge on any atom is 0.409 e. The summed E-state index contributed by atoms with van der Waals surface area (Å²) in [5, 5.41) is 2.70. The number of nitrogens with zero attached hydrogens (tertiary/aromatic N) is 4. The Morgan fingerprint density at radius 1 is 0.667 bits per heavy atom. The van der Waals surface area contributed by atoms with E-state index in [0.29, 0.717) is 28.4 Å². The molecule has 0 bridgehead atoms. The topological polar surface area (TPSA) is 188 Å². The van der Waals surface area contributed by atoms with Gasteiger partial charge < -0.3 is 43.4 Å². The molecule has 1 aromatic heterocycles. The molecular formula is C59H72N5O13P. The van der Waals surface area contributed by atoms with Crippen LogP contribution >= 0.6 is 7.75 Å². The van der Waals surface area contributed by atoms with Crippen LogP contribution in [0.4, 0.5) is 5.82 Å². The third-order valence-corrected chi connectivity index (χ3v) is 15.8. The van der Waals surface area contributed by atoms with Gasteiger partial charge in [0.2, 0.25) is 0 Å². The molecule has 6 aromatic rings. The van der Waals surface area contributed by atoms with Gasteiger partial charge in [-0.3, -0.25) is 23.2 Å². The summed E-state index contributed by atoms with van der Waals surface area (Å²) in [6.07, 6.45) is -3.50. The zero-order chi connectivity index (χ0) is 56.0. The molecule has 1 aliphatic heterocycles. The number of methoxy groups -OCH3 is 4. The number of amides is 2. The van der Waals surface area contributed by atoms with Gasteiger partial charge in [0.25, 0.3) is 11.8 Å². The first-order valence-corrected chi connectivity index (χ1v) is 27.4. The average molecular weight is 1090 g/mol. The maximum atomic E-state index is 16.2. The summed E-state index contributed by atoms with van der Waals surface area (Å²) in [5.41, 5.74) is 0.884. The van der Waals surface area contributed by atoms with Crippen LogP contribution in [-0.4, -0.2) is 129 Å². The van der Waals surface area contributed by atoms with E-state index in [1.165, 1.54) is 23.9 Å². The van der Waals surface area contributed by atoms with E-state index in [0.717, 1.165) is 16.7 Å². The van der Waals surface area contributed by atoms with Gasteiger partial charge in [0, 0.05) is 49.1 Å². The highest BCUT2D eigenvalue weighted by Crippen LogP contribution is 2.58. The maximum absolute atomic E-state index is 16.2. The molecule has 416 valence electrons. The summed E-state index contributed by atoms with van der Waals surface area (Å²) in [6.45, 7) is 11.0. The number of aromatic nitrogens is 2. The minimum absolute atomic E-state index is 0.00239. The van der Waals surface area contributed by atoms with Crippen molar-refractivity contribution in [3.8, 4) is 17.2 Å². The molecule has 5 atom stereocenters. The zero-order valence-electron chi connectivity index (χ0n) is 46.0. The van der Waals surface area contributed by atoms with Crippen LogP contribution in [0.25, 0.3) is 0 Å². The lowest BCUT2D eigenvalue weighted by Gasteiger charge is -2.40. The van der Waals surface area contributed by atoms with Gasteiger partial charge in [0.05, 0.1) is 47.8 Å². The number of hydrogen-bond donors (Lipinski definition) is 1. The van der Waals surface area contributed by atoms with Crippen LogP contribution in [0.1, 0.15) is 85.2 Å². The van der Waals surface area contributed by atoms with Crippen molar-refractivity contribution >= 4 is 25.4 Å². The summed E-state index contributed by atoms with van der Waals surface area (Å²) in [6, 6.07) is 40.6. The summed E-state index contributed by atoms with van der Waals surface area (Å²) in [7, 11) is 1.79. The number of nitrogens with one attached hydrogen (secondary N) is 1. The second-order valence-electron chi connectivity index (χ2n) is 19.3. The van der Waals surface area contributed by atoms with Crippen molar-refractivity contribution in [2.24, 2.45) is 0 Å². The van der Waals surface area contributed by atoms with Crippen molar-refractivity contribution in [2.45, 2.75) is 89.8 Å². The molecule has 1 unspecified atom stereocenters. The van der Waals surface area contributed by atoms with E-state index in [4.69, 9.17) is 42.2 Å². The molecule has 0 aliphatic carbocycles. The van der Waals surface area contributed by atoms with Crippen LogP contribution in [-0.2, 0) is 38.2 Å². The van der Waals surface area contributed by atoms with E-state index in [-0.39, 0.29) is 50.7 Å². The molecule has 78 heavy (non-hydrogen) atoms. The molecule has 18 nitrogen and oxygen atoms in total. The van der Waals surface area contributed by atoms with Gasteiger partial charge in [0.15, 0.2) is 6.23 Å². The fourth-order valence-corrected chi connectivity index (χ4v) is 11.9. The molecule has 0 saturated carbocycles. The second-order valence-corrected chi connectivity index (χ2v) is 21.2. The largest absolute Gasteiger partial charge is 0.497 e. The van der Waals surface area contributed by atoms with Crippen molar-refractivity contribution in [1.29, 1.82) is 0 Å². The molecule has 1 N–H and O–H groups in total. The summed E-state index contributed by atoms with van der Waals surface area (Å²) in [4.78, 5) is 47.5. The number of carbonyl (C=O) groups is 2. The molecule has 7 rings (SSSR count). The van der Waals surface area contributed by atoms with Gasteiger partial charge >= 0.3 is 13.4 Å². The first-order chi connectivity index (χ1) is 37.6. The number of carbonyl (C=O) groups excluding carboxylic acids is 2. The van der Waals surface area contributed by atoms with Crippen LogP contribution in [0, 0.1) is 0 Å². The molecule has 0 spiro atoms. The highest BCUT2D eigenvalue weighted by atomic mass is 31.2. The molecule has 19 heteroatoms. The Kier molecular flexibility index (Phi) is 20.6. The quantitative estimate of drug-likeness (QED) is 0.0292. The molecule has 0 radical (unpaired) electrons. The van der Waals surface area contributed by atoms with Crippen molar-refractivity contribution in [1.82, 2.24) is 19.1 Å². The lowest BCUT2D eigenvalue weighted by Crippen LogP contribution is -2.45. The Morgan fingerprint density at radius 2 is 1.21 bits per heavy atom. The smallest absolute Gasteiger partial charge is 0.409 e. The SMILES string of the molecule is COCCO[C@@H]1[C@H](OP(=O)(OCCN(C(=O)c2ccc(OC)cc2)C(C)C)N(C(C)C)C(C)C)[C@@H](COC(c2ccccc2)(c2ccc(OC)cc2)c2ccc(OC)cc2)O[C@H]1n1ccc(NC(=O)c2ccccc2)nc1=O. The Bertz CT molecular complexity index is 2910. The minimum Gasteiger partial charge on any atom is -0.497 e. The van der Waals surface area contributed by atoms with Crippen LogP contribution < -0.4 is 25.2 Å². The third-order valence-electron chi connectivity index (χ3n) is 13.3. The number of ether oxygens (including phenoxy) is 7. The number of rotatable bonds is 27. The Labute approximate surface area is 457 Å². The Balaban J connectivity index is 1.34. The molecule has 5 aromatic carbocycles. The van der Waals surface area contributed by atoms with Crippen LogP contribution in [0.15, 0.2) is 151 Å². The first kappa shape index (κ1) is 58.9. The average Bonchev–Trinajstić information content (AvgIpc) is 3.86. The standard InChI is InChI=1S/C59H72N5O13P/c1-40(2)62(56(66)44-21-27-48(70-8)28-22-44)35-36-75-78(68,64(41(3)4)42(5)6)77-53-51(76-57(54(53)73-38-37-69-7)63-34-33-52(61-58(63)67)60-55(65)43-17-13-11-14-18-43)39-74-59(45-19-15-12-16-20-45,46-23-29-49(71-9)30-24-46)47-25-31-50(72-10)32-26-47/h11-34,40-42,51,53-54,57H,35-39H2,1-10H3,(H,60,61,65,67)/t51-,53-,54-,57-,78?/m1/s1. The lowest BCUT2D eigenvalue weighted by atomic mass is 9.80. The van der Waals surface area contributed by atoms with Gasteiger partial charge in [-0.2, -0.15) is 4.98 Å². The molecule has 2 heterocycles. The van der Waals surface area contributed by atoms with E-state index in [9.17, 15) is 14.4 Å². The third kappa shape index (κ3) is 13.7. The van der Waals surface area contributed by atoms with Gasteiger partial charge in [-0.05, 0) is 125 Å². The highest BCUT2D eigenvalue weighted by molar-refractivity contribution is 7.51. The molecule has 1 aliphatic rings. The van der Waals surface area contributed by atoms with Crippen molar-refractivity contribution in [2.75, 3.05) is 66.7 Å². The Morgan fingerprint density at radius 3 is 1.72 bits per heavy atom. The fourth-order valence-electron chi connectivity index (χ4n) is 9.59. The minimum atomic E-state index is -4.49. The summed E-state index contributed by atoms with van der Waals surface area (Å²) in [5.74, 6) is 1.15. The summed E-state index contributed by atoms with van der Waals surface area (Å²) >= 11 is 0. The van der Waals surface area contributed by atoms with E-state index in [1.807, 2.05) is 120 Å². The van der Waals surface area contributed by atoms with Crippen molar-refractivity contribution < 1.29 is 56.4 Å². The van der Waals surface area contributed by atoms with E-state index in [2.05, 4.69) is 10.3 Å². The van der Waals surface area contributed by atoms with Crippen molar-refractivity contribution in [3.63, 3.8) is 0 Å². The molecule has 1 saturated heterocycles. The van der Waals surface area contributed by atoms with Gasteiger partial charge in [-0.15, -0.1) is 0 Å². The van der Waals surface area contributed by atoms with Gasteiger partial charge in [-0.1, -0.05) is 72.8 Å². The lowest BCUT2D eigenvalue weighted by molar-refractivity contribution is -0.0992. The van der Waals surface area contributed by atoms with Crippen LogP contribution in [0.3, 0.4) is 0 Å². The number of anilines is 1. The predicted molar refractivity (Wildman–Crippen MR) is 296 cm³/mol. The zero-order valence-corrected chi connectivity index (χ0v) is 46.9. The van der Waals surface area contributed by atoms with E-state index >= 15 is 4.57 Å².